The second-order valence-corrected chi connectivity index (χ2v) is 30.0. The van der Waals surface area contributed by atoms with Crippen LogP contribution in [0, 0.1) is 17.8 Å². The number of nitrogens with one attached hydrogen (secondary N) is 10. The molecule has 18 unspecified atom stereocenters. The first kappa shape index (κ1) is 91.0. The quantitative estimate of drug-likeness (QED) is 0.0297. The van der Waals surface area contributed by atoms with Crippen LogP contribution in [-0.4, -0.2) is 259 Å². The number of fused-ring (bicyclic) bond motifs is 2. The van der Waals surface area contributed by atoms with Crippen molar-refractivity contribution in [2.75, 3.05) is 51.3 Å². The van der Waals surface area contributed by atoms with Gasteiger partial charge in [-0.25, -0.2) is 0 Å². The van der Waals surface area contributed by atoms with Gasteiger partial charge in [-0.05, 0) is 86.3 Å². The number of hydrogen-bond donors (Lipinski definition) is 17. The number of aliphatic hydroxyl groups is 7. The fourth-order valence-corrected chi connectivity index (χ4v) is 13.9. The summed E-state index contributed by atoms with van der Waals surface area (Å²) in [5, 5.41) is 107. The van der Waals surface area contributed by atoms with Crippen LogP contribution >= 0.6 is 11.8 Å². The highest BCUT2D eigenvalue weighted by Crippen LogP contribution is 2.25. The molecule has 3 aliphatic rings. The number of carbonyl (C=O) groups excluding carboxylic acids is 11. The highest BCUT2D eigenvalue weighted by Gasteiger charge is 2.47. The molecule has 3 saturated heterocycles. The summed E-state index contributed by atoms with van der Waals surface area (Å²) < 4.78 is 0. The Hall–Kier alpha value is -7.36. The van der Waals surface area contributed by atoms with Crippen LogP contribution < -0.4 is 53.2 Å². The van der Waals surface area contributed by atoms with Crippen molar-refractivity contribution in [2.24, 2.45) is 17.8 Å². The van der Waals surface area contributed by atoms with Gasteiger partial charge in [-0.1, -0.05) is 141 Å². The van der Waals surface area contributed by atoms with Gasteiger partial charge in [0, 0.05) is 78.3 Å². The monoisotopic (exact) mass is 1510 g/mol. The van der Waals surface area contributed by atoms with E-state index in [2.05, 4.69) is 87.1 Å². The zero-order chi connectivity index (χ0) is 78.7. The molecule has 0 aliphatic carbocycles. The normalized spacial score (nSPS) is 24.2. The second kappa shape index (κ2) is 47.4. The molecule has 0 aromatic heterocycles. The standard InChI is InChI=1S/C75H122N12O18S/c1-11-23-50(13-3)66(96)67(97)64-73(103)83-57(59(92)28-32-76-61(94)29-33-77-68(98)55(38-49-25-20-18-21-26-49)82-70(100)54(36-44(4)5)81-69(99)53(31-35-106-10)79-48(9)89)43-86-34-30-60(93)65(86)74(104)78-41-51(90)39-56(80-62(95)27-22-17-15-14-16-19-24-46(7)37-45(6)12-2)71(101)84-63(47(8)88)75(105)87-42-52(91)40-58(87)72(102)85-64/h11,13,18,20-21,23,25-26,44-47,51-60,63-67,88,90-93,96-97H,1,3,12,14-17,19,22,24,27-43H2,2,4-10H3,(H,76,94)(H,77,98)(H,78,104)(H,79,89)(H,80,95)(H,81,99)(H,82,100)(H,83,103)(H,84,101)(H,85,102). The molecule has 30 nitrogen and oxygen atoms in total. The molecule has 596 valence electrons. The SMILES string of the molecule is C=CC=C(C=C)C(O)C(O)C1NC(=O)C2CC(O)CN2C(=O)C(C(C)O)NC(=O)C(NC(=O)CCCCCCCCC(C)CC(C)CC)CC(O)CNC(=O)C2C(O)CCN2CC(C(O)CCNC(=O)CCNC(=O)C(Cc2ccccc2)NC(=O)C(CC(C)C)NC(=O)C(CCSC)NC(C)=O)NC1=O. The minimum atomic E-state index is -2.26. The lowest BCUT2D eigenvalue weighted by Crippen LogP contribution is -2.64. The highest BCUT2D eigenvalue weighted by molar-refractivity contribution is 7.98. The van der Waals surface area contributed by atoms with E-state index in [0.29, 0.717) is 36.0 Å². The number of β-amino-alcohol motifs (C(OH)–C–C–N with tert-alkyl or cyclic N) is 1. The molecule has 1 aromatic rings. The Labute approximate surface area is 628 Å². The third kappa shape index (κ3) is 31.1. The Bertz CT molecular complexity index is 3060. The molecule has 3 aliphatic heterocycles. The van der Waals surface area contributed by atoms with Gasteiger partial charge in [-0.15, -0.1) is 0 Å². The number of unbranched alkanes of at least 4 members (excludes halogenated alkanes) is 5. The number of amides is 11. The molecule has 3 heterocycles. The summed E-state index contributed by atoms with van der Waals surface area (Å²) in [4.78, 5) is 156. The summed E-state index contributed by atoms with van der Waals surface area (Å²) in [6.07, 6.45) is 0.971. The number of nitrogens with zero attached hydrogens (tertiary/aromatic N) is 2. The summed E-state index contributed by atoms with van der Waals surface area (Å²) in [5.41, 5.74) is 0.600. The Kier molecular flexibility index (Phi) is 40.7. The van der Waals surface area contributed by atoms with Crippen LogP contribution in [0.3, 0.4) is 0 Å². The number of carbonyl (C=O) groups is 11. The minimum Gasteiger partial charge on any atom is -0.391 e. The predicted octanol–water partition coefficient (Wildman–Crippen LogP) is -0.313. The van der Waals surface area contributed by atoms with E-state index in [4.69, 9.17) is 0 Å². The van der Waals surface area contributed by atoms with Crippen LogP contribution in [0.4, 0.5) is 0 Å². The van der Waals surface area contributed by atoms with Crippen molar-refractivity contribution in [3.05, 3.63) is 72.9 Å². The Morgan fingerprint density at radius 2 is 1.34 bits per heavy atom. The van der Waals surface area contributed by atoms with Crippen LogP contribution in [0.5, 0.6) is 0 Å². The largest absolute Gasteiger partial charge is 0.391 e. The van der Waals surface area contributed by atoms with Gasteiger partial charge in [-0.2, -0.15) is 11.8 Å². The maximum absolute atomic E-state index is 15.0. The van der Waals surface area contributed by atoms with Gasteiger partial charge in [-0.3, -0.25) is 57.6 Å². The van der Waals surface area contributed by atoms with E-state index < -0.39 is 195 Å². The van der Waals surface area contributed by atoms with E-state index in [1.54, 1.807) is 30.3 Å². The highest BCUT2D eigenvalue weighted by atomic mass is 32.2. The molecule has 0 saturated carbocycles. The van der Waals surface area contributed by atoms with Crippen molar-refractivity contribution in [1.29, 1.82) is 0 Å². The van der Waals surface area contributed by atoms with Crippen molar-refractivity contribution in [1.82, 2.24) is 63.0 Å². The summed E-state index contributed by atoms with van der Waals surface area (Å²) in [5.74, 6) is -7.17. The van der Waals surface area contributed by atoms with E-state index in [0.717, 1.165) is 55.9 Å². The molecule has 1 aromatic carbocycles. The topological polar surface area (TPSA) is 456 Å². The molecule has 0 spiro atoms. The average Bonchev–Trinajstić information content (AvgIpc) is 1.64. The smallest absolute Gasteiger partial charge is 0.248 e. The molecule has 11 amide bonds. The lowest BCUT2D eigenvalue weighted by atomic mass is 9.91. The number of thioether (sulfide) groups is 1. The van der Waals surface area contributed by atoms with Gasteiger partial charge < -0.3 is 93.8 Å². The van der Waals surface area contributed by atoms with E-state index in [-0.39, 0.29) is 69.7 Å². The van der Waals surface area contributed by atoms with Crippen LogP contribution in [0.1, 0.15) is 163 Å². The van der Waals surface area contributed by atoms with Gasteiger partial charge in [0.05, 0.1) is 36.6 Å². The number of hydrogen-bond acceptors (Lipinski definition) is 20. The third-order valence-electron chi connectivity index (χ3n) is 19.5. The molecular formula is C75H122N12O18S. The lowest BCUT2D eigenvalue weighted by molar-refractivity contribution is -0.145. The zero-order valence-electron chi connectivity index (χ0n) is 63.1. The first-order valence-electron chi connectivity index (χ1n) is 37.5. The number of rotatable bonds is 39. The first-order valence-corrected chi connectivity index (χ1v) is 38.9. The summed E-state index contributed by atoms with van der Waals surface area (Å²) in [7, 11) is 0. The van der Waals surface area contributed by atoms with Gasteiger partial charge >= 0.3 is 0 Å². The zero-order valence-corrected chi connectivity index (χ0v) is 63.9. The van der Waals surface area contributed by atoms with Gasteiger partial charge in [0.15, 0.2) is 0 Å². The van der Waals surface area contributed by atoms with Crippen molar-refractivity contribution in [3.8, 4) is 0 Å². The van der Waals surface area contributed by atoms with Gasteiger partial charge in [0.25, 0.3) is 0 Å². The predicted molar refractivity (Wildman–Crippen MR) is 401 cm³/mol. The third-order valence-corrected chi connectivity index (χ3v) is 20.1. The molecule has 0 radical (unpaired) electrons. The van der Waals surface area contributed by atoms with Crippen LogP contribution in [0.15, 0.2) is 67.3 Å². The first-order chi connectivity index (χ1) is 50.3. The number of benzene rings is 1. The fraction of sp³-hybridized carbons (Fsp3) is 0.693. The fourth-order valence-electron chi connectivity index (χ4n) is 13.4. The molecular weight excluding hydrogens is 1390 g/mol. The lowest BCUT2D eigenvalue weighted by Gasteiger charge is -2.35. The van der Waals surface area contributed by atoms with Crippen molar-refractivity contribution in [3.63, 3.8) is 0 Å². The average molecular weight is 1510 g/mol. The van der Waals surface area contributed by atoms with Crippen molar-refractivity contribution < 1.29 is 88.5 Å². The van der Waals surface area contributed by atoms with E-state index >= 15 is 0 Å². The summed E-state index contributed by atoms with van der Waals surface area (Å²) in [6.45, 7) is 18.0. The molecule has 17 N–H and O–H groups in total. The summed E-state index contributed by atoms with van der Waals surface area (Å²) in [6, 6.07) is -4.66. The van der Waals surface area contributed by atoms with Crippen LogP contribution in [0.25, 0.3) is 0 Å². The molecule has 4 rings (SSSR count). The van der Waals surface area contributed by atoms with Crippen LogP contribution in [-0.2, 0) is 59.2 Å². The number of allylic oxidation sites excluding steroid dienone is 2. The van der Waals surface area contributed by atoms with Crippen molar-refractivity contribution in [2.45, 2.75) is 261 Å². The Morgan fingerprint density at radius 1 is 0.679 bits per heavy atom. The van der Waals surface area contributed by atoms with Crippen LogP contribution in [0.2, 0.25) is 0 Å². The second-order valence-electron chi connectivity index (χ2n) is 29.1. The van der Waals surface area contributed by atoms with Gasteiger partial charge in [0.1, 0.15) is 60.5 Å². The molecule has 18 atom stereocenters. The Balaban J connectivity index is 1.61. The Morgan fingerprint density at radius 3 is 1.98 bits per heavy atom. The molecule has 3 fully saturated rings. The molecule has 31 heteroatoms. The molecule has 0 bridgehead atoms. The van der Waals surface area contributed by atoms with E-state index in [1.165, 1.54) is 49.1 Å². The molecule has 106 heavy (non-hydrogen) atoms. The van der Waals surface area contributed by atoms with E-state index in [1.807, 2.05) is 20.1 Å². The van der Waals surface area contributed by atoms with Gasteiger partial charge in [0.2, 0.25) is 65.0 Å². The summed E-state index contributed by atoms with van der Waals surface area (Å²) >= 11 is 1.48. The van der Waals surface area contributed by atoms with Crippen molar-refractivity contribution >= 4 is 76.7 Å². The maximum Gasteiger partial charge on any atom is 0.248 e. The number of aliphatic hydroxyl groups excluding tert-OH is 7. The van der Waals surface area contributed by atoms with E-state index in [9.17, 15) is 88.5 Å². The maximum atomic E-state index is 15.0. The minimum absolute atomic E-state index is 0.00842.